The van der Waals surface area contributed by atoms with Crippen LogP contribution in [0.2, 0.25) is 0 Å². The summed E-state index contributed by atoms with van der Waals surface area (Å²) in [6, 6.07) is 13.9. The van der Waals surface area contributed by atoms with E-state index < -0.39 is 10.8 Å². The first-order chi connectivity index (χ1) is 10.0. The quantitative estimate of drug-likeness (QED) is 0.814. The molecule has 3 nitrogen and oxygen atoms in total. The second kappa shape index (κ2) is 6.47. The van der Waals surface area contributed by atoms with Gasteiger partial charge in [0.1, 0.15) is 0 Å². The molecule has 2 aromatic carbocycles. The van der Waals surface area contributed by atoms with Crippen molar-refractivity contribution in [3.63, 3.8) is 0 Å². The van der Waals surface area contributed by atoms with E-state index in [0.29, 0.717) is 16.0 Å². The molecule has 0 aliphatic heterocycles. The maximum Gasteiger partial charge on any atom is 0.175 e. The van der Waals surface area contributed by atoms with E-state index in [-0.39, 0.29) is 11.5 Å². The molecule has 21 heavy (non-hydrogen) atoms. The molecule has 0 radical (unpaired) electrons. The number of aryl methyl sites for hydroxylation is 2. The van der Waals surface area contributed by atoms with Crippen molar-refractivity contribution in [2.24, 2.45) is 0 Å². The maximum absolute atomic E-state index is 12.3. The van der Waals surface area contributed by atoms with Gasteiger partial charge in [0.25, 0.3) is 0 Å². The number of rotatable bonds is 4. The van der Waals surface area contributed by atoms with Gasteiger partial charge in [-0.15, -0.1) is 0 Å². The lowest BCUT2D eigenvalue weighted by Crippen LogP contribution is -2.11. The second-order valence-corrected chi connectivity index (χ2v) is 6.30. The molecule has 0 amide bonds. The summed E-state index contributed by atoms with van der Waals surface area (Å²) in [5.74, 6) is -0.231. The Bertz CT molecular complexity index is 742. The summed E-state index contributed by atoms with van der Waals surface area (Å²) in [7, 11) is -1.35. The van der Waals surface area contributed by atoms with Gasteiger partial charge >= 0.3 is 0 Å². The minimum Gasteiger partial charge on any atom is -0.293 e. The van der Waals surface area contributed by atoms with E-state index in [9.17, 15) is 9.00 Å². The third kappa shape index (κ3) is 3.65. The summed E-state index contributed by atoms with van der Waals surface area (Å²) in [6.07, 6.45) is 0. The molecule has 0 saturated carbocycles. The van der Waals surface area contributed by atoms with Crippen LogP contribution in [0.15, 0.2) is 47.4 Å². The molecule has 0 heterocycles. The highest BCUT2D eigenvalue weighted by Gasteiger charge is 2.13. The number of nitriles is 1. The Labute approximate surface area is 126 Å². The van der Waals surface area contributed by atoms with Gasteiger partial charge in [-0.05, 0) is 49.2 Å². The zero-order valence-electron chi connectivity index (χ0n) is 11.9. The normalized spacial score (nSPS) is 11.7. The van der Waals surface area contributed by atoms with Gasteiger partial charge in [-0.2, -0.15) is 5.26 Å². The highest BCUT2D eigenvalue weighted by atomic mass is 32.2. The van der Waals surface area contributed by atoms with Crippen LogP contribution in [0.25, 0.3) is 0 Å². The Hall–Kier alpha value is -2.25. The summed E-state index contributed by atoms with van der Waals surface area (Å²) in [5, 5.41) is 8.73. The molecule has 106 valence electrons. The third-order valence-corrected chi connectivity index (χ3v) is 4.64. The summed E-state index contributed by atoms with van der Waals surface area (Å²) >= 11 is 0. The van der Waals surface area contributed by atoms with Gasteiger partial charge in [-0.25, -0.2) is 0 Å². The van der Waals surface area contributed by atoms with Crippen molar-refractivity contribution >= 4 is 16.6 Å². The lowest BCUT2D eigenvalue weighted by molar-refractivity contribution is 0.102. The SMILES string of the molecule is Cc1ccc(S(=O)CC(=O)c2ccc(C#N)cc2)cc1C. The van der Waals surface area contributed by atoms with Crippen LogP contribution in [0, 0.1) is 25.2 Å². The third-order valence-electron chi connectivity index (χ3n) is 3.34. The van der Waals surface area contributed by atoms with Crippen LogP contribution in [-0.2, 0) is 10.8 Å². The van der Waals surface area contributed by atoms with E-state index in [0.717, 1.165) is 11.1 Å². The highest BCUT2D eigenvalue weighted by molar-refractivity contribution is 7.85. The van der Waals surface area contributed by atoms with E-state index in [1.165, 1.54) is 0 Å². The molecular formula is C17H15NO2S. The number of hydrogen-bond acceptors (Lipinski definition) is 3. The van der Waals surface area contributed by atoms with E-state index in [4.69, 9.17) is 5.26 Å². The lowest BCUT2D eigenvalue weighted by Gasteiger charge is -2.05. The van der Waals surface area contributed by atoms with Crippen molar-refractivity contribution in [2.45, 2.75) is 18.7 Å². The standard InChI is InChI=1S/C17H15NO2S/c1-12-3-8-16(9-13(12)2)21(20)11-17(19)15-6-4-14(10-18)5-7-15/h3-9H,11H2,1-2H3. The van der Waals surface area contributed by atoms with Crippen molar-refractivity contribution < 1.29 is 9.00 Å². The topological polar surface area (TPSA) is 57.9 Å². The van der Waals surface area contributed by atoms with Crippen LogP contribution < -0.4 is 0 Å². The molecule has 4 heteroatoms. The van der Waals surface area contributed by atoms with Gasteiger partial charge in [0.05, 0.1) is 28.2 Å². The number of carbonyl (C=O) groups excluding carboxylic acids is 1. The molecule has 0 aliphatic rings. The van der Waals surface area contributed by atoms with E-state index >= 15 is 0 Å². The molecule has 0 spiro atoms. The number of ketones is 1. The molecule has 0 bridgehead atoms. The van der Waals surface area contributed by atoms with Gasteiger partial charge in [0.2, 0.25) is 0 Å². The van der Waals surface area contributed by atoms with Crippen LogP contribution in [0.1, 0.15) is 27.0 Å². The van der Waals surface area contributed by atoms with Crippen molar-refractivity contribution in [3.8, 4) is 6.07 Å². The number of nitrogens with zero attached hydrogens (tertiary/aromatic N) is 1. The predicted octanol–water partition coefficient (Wildman–Crippen LogP) is 3.17. The molecule has 1 unspecified atom stereocenters. The second-order valence-electron chi connectivity index (χ2n) is 4.85. The van der Waals surface area contributed by atoms with E-state index in [2.05, 4.69) is 0 Å². The fourth-order valence-electron chi connectivity index (χ4n) is 1.87. The van der Waals surface area contributed by atoms with Gasteiger partial charge in [0, 0.05) is 10.5 Å². The van der Waals surface area contributed by atoms with Gasteiger partial charge in [-0.3, -0.25) is 9.00 Å². The average molecular weight is 297 g/mol. The Morgan fingerprint density at radius 1 is 1.10 bits per heavy atom. The Kier molecular flexibility index (Phi) is 4.66. The molecule has 0 aromatic heterocycles. The first-order valence-electron chi connectivity index (χ1n) is 6.50. The fourth-order valence-corrected chi connectivity index (χ4v) is 2.97. The monoisotopic (exact) mass is 297 g/mol. The summed E-state index contributed by atoms with van der Waals surface area (Å²) in [5.41, 5.74) is 3.17. The van der Waals surface area contributed by atoms with Gasteiger partial charge < -0.3 is 0 Å². The van der Waals surface area contributed by atoms with Crippen LogP contribution in [-0.4, -0.2) is 15.7 Å². The van der Waals surface area contributed by atoms with E-state index in [1.807, 2.05) is 32.0 Å². The Morgan fingerprint density at radius 3 is 2.33 bits per heavy atom. The molecule has 0 N–H and O–H groups in total. The van der Waals surface area contributed by atoms with Crippen LogP contribution in [0.3, 0.4) is 0 Å². The summed E-state index contributed by atoms with van der Waals surface area (Å²) < 4.78 is 12.3. The molecular weight excluding hydrogens is 282 g/mol. The maximum atomic E-state index is 12.3. The molecule has 2 aromatic rings. The Balaban J connectivity index is 2.12. The lowest BCUT2D eigenvalue weighted by atomic mass is 10.1. The molecule has 0 saturated heterocycles. The minimum absolute atomic E-state index is 0.0472. The first kappa shape index (κ1) is 15.1. The van der Waals surface area contributed by atoms with Crippen molar-refractivity contribution in [2.75, 3.05) is 5.75 Å². The van der Waals surface area contributed by atoms with Crippen molar-refractivity contribution in [3.05, 3.63) is 64.7 Å². The highest BCUT2D eigenvalue weighted by Crippen LogP contribution is 2.15. The van der Waals surface area contributed by atoms with Crippen molar-refractivity contribution in [1.29, 1.82) is 5.26 Å². The number of hydrogen-bond donors (Lipinski definition) is 0. The zero-order valence-corrected chi connectivity index (χ0v) is 12.7. The Morgan fingerprint density at radius 2 is 1.76 bits per heavy atom. The molecule has 1 atom stereocenters. The predicted molar refractivity (Wildman–Crippen MR) is 82.7 cm³/mol. The van der Waals surface area contributed by atoms with E-state index in [1.54, 1.807) is 30.3 Å². The number of benzene rings is 2. The number of carbonyl (C=O) groups is 1. The molecule has 2 rings (SSSR count). The number of Topliss-reactive ketones (excluding diaryl/α,β-unsaturated/α-hetero) is 1. The van der Waals surface area contributed by atoms with Crippen LogP contribution in [0.4, 0.5) is 0 Å². The van der Waals surface area contributed by atoms with Crippen LogP contribution in [0.5, 0.6) is 0 Å². The fraction of sp³-hybridized carbons (Fsp3) is 0.176. The zero-order chi connectivity index (χ0) is 15.4. The summed E-state index contributed by atoms with van der Waals surface area (Å²) in [4.78, 5) is 12.8. The smallest absolute Gasteiger partial charge is 0.175 e. The average Bonchev–Trinajstić information content (AvgIpc) is 2.50. The minimum atomic E-state index is -1.35. The molecule has 0 fully saturated rings. The largest absolute Gasteiger partial charge is 0.293 e. The van der Waals surface area contributed by atoms with Gasteiger partial charge in [0.15, 0.2) is 5.78 Å². The summed E-state index contributed by atoms with van der Waals surface area (Å²) in [6.45, 7) is 3.95. The van der Waals surface area contributed by atoms with Crippen LogP contribution >= 0.6 is 0 Å². The molecule has 0 aliphatic carbocycles. The first-order valence-corrected chi connectivity index (χ1v) is 7.82. The van der Waals surface area contributed by atoms with Crippen molar-refractivity contribution in [1.82, 2.24) is 0 Å². The van der Waals surface area contributed by atoms with Gasteiger partial charge in [-0.1, -0.05) is 18.2 Å².